The number of carbonyl (C=O) groups is 2. The van der Waals surface area contributed by atoms with Crippen LogP contribution in [0, 0.1) is 5.41 Å². The fraction of sp³-hybridized carbons (Fsp3) is 0.889. The lowest BCUT2D eigenvalue weighted by Gasteiger charge is -2.53. The van der Waals surface area contributed by atoms with Crippen LogP contribution in [0.2, 0.25) is 0 Å². The Bertz CT molecular complexity index is 443. The first kappa shape index (κ1) is 18.9. The van der Waals surface area contributed by atoms with Crippen LogP contribution in [0.5, 0.6) is 0 Å². The largest absolute Gasteiger partial charge is 0.444 e. The van der Waals surface area contributed by atoms with Gasteiger partial charge in [-0.3, -0.25) is 0 Å². The van der Waals surface area contributed by atoms with Crippen LogP contribution in [0.4, 0.5) is 9.59 Å². The Kier molecular flexibility index (Phi) is 5.99. The lowest BCUT2D eigenvalue weighted by molar-refractivity contribution is -0.0511. The van der Waals surface area contributed by atoms with Gasteiger partial charge in [-0.25, -0.2) is 9.59 Å². The third-order valence-electron chi connectivity index (χ3n) is 4.90. The fourth-order valence-electron chi connectivity index (χ4n) is 3.52. The first-order valence-corrected chi connectivity index (χ1v) is 9.25. The maximum atomic E-state index is 12.0. The van der Waals surface area contributed by atoms with Crippen molar-refractivity contribution in [2.45, 2.75) is 77.9 Å². The summed E-state index contributed by atoms with van der Waals surface area (Å²) in [5.74, 6) is 0. The van der Waals surface area contributed by atoms with Crippen molar-refractivity contribution < 1.29 is 14.3 Å². The lowest BCUT2D eigenvalue weighted by atomic mass is 9.67. The van der Waals surface area contributed by atoms with Crippen LogP contribution in [-0.4, -0.2) is 48.3 Å². The first-order chi connectivity index (χ1) is 11.2. The molecule has 0 bridgehead atoms. The van der Waals surface area contributed by atoms with Gasteiger partial charge in [-0.1, -0.05) is 13.3 Å². The van der Waals surface area contributed by atoms with Crippen molar-refractivity contribution >= 4 is 12.1 Å². The van der Waals surface area contributed by atoms with Gasteiger partial charge in [0.25, 0.3) is 0 Å². The number of hydrogen-bond acceptors (Lipinski definition) is 3. The number of nitrogens with one attached hydrogen (secondary N) is 2. The molecule has 2 rings (SSSR count). The van der Waals surface area contributed by atoms with Gasteiger partial charge in [-0.05, 0) is 52.9 Å². The highest BCUT2D eigenvalue weighted by atomic mass is 16.6. The number of carbonyl (C=O) groups excluding carboxylic acids is 2. The van der Waals surface area contributed by atoms with E-state index >= 15 is 0 Å². The Morgan fingerprint density at radius 2 is 1.83 bits per heavy atom. The molecule has 0 atom stereocenters. The zero-order chi connectivity index (χ0) is 17.8. The second-order valence-corrected chi connectivity index (χ2v) is 8.36. The number of rotatable bonds is 4. The molecular weight excluding hydrogens is 306 g/mol. The summed E-state index contributed by atoms with van der Waals surface area (Å²) in [7, 11) is 0. The van der Waals surface area contributed by atoms with Crippen LogP contribution in [0.1, 0.15) is 66.2 Å². The van der Waals surface area contributed by atoms with Gasteiger partial charge in [0.2, 0.25) is 0 Å². The van der Waals surface area contributed by atoms with Crippen molar-refractivity contribution in [3.8, 4) is 0 Å². The Morgan fingerprint density at radius 1 is 1.21 bits per heavy atom. The van der Waals surface area contributed by atoms with E-state index in [1.165, 1.54) is 0 Å². The molecule has 1 spiro atoms. The Morgan fingerprint density at radius 3 is 2.38 bits per heavy atom. The molecule has 2 N–H and O–H groups in total. The zero-order valence-electron chi connectivity index (χ0n) is 15.6. The van der Waals surface area contributed by atoms with E-state index in [1.807, 2.05) is 20.8 Å². The minimum absolute atomic E-state index is 0.0478. The molecule has 0 unspecified atom stereocenters. The smallest absolute Gasteiger partial charge is 0.410 e. The molecule has 6 heteroatoms. The summed E-state index contributed by atoms with van der Waals surface area (Å²) in [6, 6.07) is 0.209. The molecule has 0 aromatic rings. The molecule has 0 aromatic heterocycles. The summed E-state index contributed by atoms with van der Waals surface area (Å²) in [5.41, 5.74) is -0.194. The fourth-order valence-corrected chi connectivity index (χ4v) is 3.52. The Balaban J connectivity index is 1.67. The van der Waals surface area contributed by atoms with E-state index in [9.17, 15) is 9.59 Å². The van der Waals surface area contributed by atoms with E-state index in [1.54, 1.807) is 4.90 Å². The summed E-state index contributed by atoms with van der Waals surface area (Å²) < 4.78 is 5.42. The quantitative estimate of drug-likeness (QED) is 0.772. The maximum absolute atomic E-state index is 12.0. The number of amides is 3. The number of nitrogens with zero attached hydrogens (tertiary/aromatic N) is 1. The van der Waals surface area contributed by atoms with Crippen molar-refractivity contribution in [2.75, 3.05) is 19.6 Å². The third-order valence-corrected chi connectivity index (χ3v) is 4.90. The highest BCUT2D eigenvalue weighted by molar-refractivity contribution is 5.74. The molecule has 2 aliphatic rings. The minimum atomic E-state index is -0.438. The molecule has 0 aromatic carbocycles. The number of likely N-dealkylation sites (tertiary alicyclic amines) is 1. The van der Waals surface area contributed by atoms with E-state index in [-0.39, 0.29) is 23.6 Å². The molecule has 2 fully saturated rings. The van der Waals surface area contributed by atoms with Gasteiger partial charge < -0.3 is 20.3 Å². The number of unbranched alkanes of at least 4 members (excludes halogenated alkanes) is 1. The van der Waals surface area contributed by atoms with Gasteiger partial charge >= 0.3 is 12.1 Å². The Labute approximate surface area is 145 Å². The normalized spacial score (nSPS) is 20.4. The van der Waals surface area contributed by atoms with Gasteiger partial charge in [0.1, 0.15) is 5.60 Å². The predicted octanol–water partition coefficient (Wildman–Crippen LogP) is 3.27. The molecule has 1 aliphatic heterocycles. The van der Waals surface area contributed by atoms with Crippen molar-refractivity contribution in [1.82, 2.24) is 15.5 Å². The second-order valence-electron chi connectivity index (χ2n) is 8.36. The zero-order valence-corrected chi connectivity index (χ0v) is 15.6. The average Bonchev–Trinajstić information content (AvgIpc) is 2.44. The molecule has 1 saturated carbocycles. The molecule has 1 aliphatic carbocycles. The standard InChI is InChI=1S/C18H33N3O3/c1-5-6-11-19-15(22)20-14-7-9-18(10-8-14)12-21(13-18)16(23)24-17(2,3)4/h14H,5-13H2,1-4H3,(H2,19,20,22). The first-order valence-electron chi connectivity index (χ1n) is 9.25. The second kappa shape index (κ2) is 7.62. The van der Waals surface area contributed by atoms with Crippen LogP contribution in [0.15, 0.2) is 0 Å². The molecule has 0 radical (unpaired) electrons. The van der Waals surface area contributed by atoms with Gasteiger partial charge in [-0.15, -0.1) is 0 Å². The van der Waals surface area contributed by atoms with E-state index < -0.39 is 5.60 Å². The van der Waals surface area contributed by atoms with Crippen LogP contribution in [-0.2, 0) is 4.74 Å². The predicted molar refractivity (Wildman–Crippen MR) is 93.9 cm³/mol. The van der Waals surface area contributed by atoms with Crippen molar-refractivity contribution in [3.63, 3.8) is 0 Å². The molecule has 6 nitrogen and oxygen atoms in total. The van der Waals surface area contributed by atoms with Crippen LogP contribution in [0.3, 0.4) is 0 Å². The van der Waals surface area contributed by atoms with E-state index in [0.717, 1.165) is 58.2 Å². The summed E-state index contributed by atoms with van der Waals surface area (Å²) in [6.45, 7) is 10.1. The lowest BCUT2D eigenvalue weighted by Crippen LogP contribution is -2.61. The molecule has 24 heavy (non-hydrogen) atoms. The van der Waals surface area contributed by atoms with Gasteiger partial charge in [0.15, 0.2) is 0 Å². The van der Waals surface area contributed by atoms with E-state index in [2.05, 4.69) is 17.6 Å². The highest BCUT2D eigenvalue weighted by Gasteiger charge is 2.48. The third kappa shape index (κ3) is 5.28. The SMILES string of the molecule is CCCCNC(=O)NC1CCC2(CC1)CN(C(=O)OC(C)(C)C)C2. The van der Waals surface area contributed by atoms with Crippen LogP contribution < -0.4 is 10.6 Å². The van der Waals surface area contributed by atoms with Gasteiger partial charge in [0.05, 0.1) is 0 Å². The number of hydrogen-bond donors (Lipinski definition) is 2. The molecule has 1 heterocycles. The van der Waals surface area contributed by atoms with Crippen molar-refractivity contribution in [3.05, 3.63) is 0 Å². The van der Waals surface area contributed by atoms with Gasteiger partial charge in [0, 0.05) is 31.1 Å². The van der Waals surface area contributed by atoms with Gasteiger partial charge in [-0.2, -0.15) is 0 Å². The topological polar surface area (TPSA) is 70.7 Å². The maximum Gasteiger partial charge on any atom is 0.410 e. The van der Waals surface area contributed by atoms with E-state index in [4.69, 9.17) is 4.74 Å². The average molecular weight is 339 g/mol. The van der Waals surface area contributed by atoms with Crippen molar-refractivity contribution in [1.29, 1.82) is 0 Å². The van der Waals surface area contributed by atoms with E-state index in [0.29, 0.717) is 0 Å². The molecule has 138 valence electrons. The molecular formula is C18H33N3O3. The number of urea groups is 1. The minimum Gasteiger partial charge on any atom is -0.444 e. The molecule has 3 amide bonds. The summed E-state index contributed by atoms with van der Waals surface area (Å²) in [4.78, 5) is 25.7. The van der Waals surface area contributed by atoms with Crippen LogP contribution >= 0.6 is 0 Å². The summed E-state index contributed by atoms with van der Waals surface area (Å²) in [5, 5.41) is 5.98. The summed E-state index contributed by atoms with van der Waals surface area (Å²) in [6.07, 6.45) is 6.00. The number of ether oxygens (including phenoxy) is 1. The van der Waals surface area contributed by atoms with Crippen LogP contribution in [0.25, 0.3) is 0 Å². The Hall–Kier alpha value is -1.46. The monoisotopic (exact) mass is 339 g/mol. The molecule has 1 saturated heterocycles. The summed E-state index contributed by atoms with van der Waals surface area (Å²) >= 11 is 0. The highest BCUT2D eigenvalue weighted by Crippen LogP contribution is 2.44. The van der Waals surface area contributed by atoms with Crippen molar-refractivity contribution in [2.24, 2.45) is 5.41 Å².